The van der Waals surface area contributed by atoms with Crippen LogP contribution in [0.3, 0.4) is 0 Å². The van der Waals surface area contributed by atoms with Crippen molar-refractivity contribution in [1.29, 1.82) is 0 Å². The van der Waals surface area contributed by atoms with Gasteiger partial charge in [-0.2, -0.15) is 0 Å². The second kappa shape index (κ2) is 17.7. The van der Waals surface area contributed by atoms with Crippen molar-refractivity contribution in [3.8, 4) is 11.4 Å². The van der Waals surface area contributed by atoms with Gasteiger partial charge in [0, 0.05) is 38.0 Å². The zero-order chi connectivity index (χ0) is 55.1. The van der Waals surface area contributed by atoms with Crippen molar-refractivity contribution < 1.29 is 4.42 Å². The molecule has 0 amide bonds. The lowest BCUT2D eigenvalue weighted by atomic mass is 9.50. The molecule has 0 unspecified atom stereocenters. The number of rotatable bonds is 7. The van der Waals surface area contributed by atoms with Crippen molar-refractivity contribution >= 4 is 94.4 Å². The maximum absolute atomic E-state index is 7.19. The molecule has 0 bridgehead atoms. The number of nitrogens with zero attached hydrogens (tertiary/aromatic N) is 2. The van der Waals surface area contributed by atoms with E-state index in [2.05, 4.69) is 325 Å². The summed E-state index contributed by atoms with van der Waals surface area (Å²) in [6, 6.07) is 119. The minimum Gasteiger partial charge on any atom is -0.456 e. The minimum absolute atomic E-state index is 0.649. The molecule has 4 heterocycles. The van der Waals surface area contributed by atoms with Gasteiger partial charge >= 0.3 is 0 Å². The monoisotopic (exact) mass is 1080 g/mol. The van der Waals surface area contributed by atoms with Gasteiger partial charge in [0.15, 0.2) is 8.07 Å². The van der Waals surface area contributed by atoms with Crippen molar-refractivity contribution in [1.82, 2.24) is 9.13 Å². The van der Waals surface area contributed by atoms with E-state index in [9.17, 15) is 0 Å². The van der Waals surface area contributed by atoms with E-state index in [-0.39, 0.29) is 0 Å². The summed E-state index contributed by atoms with van der Waals surface area (Å²) in [6.45, 7) is 0. The zero-order valence-electron chi connectivity index (χ0n) is 45.8. The highest BCUT2D eigenvalue weighted by Crippen LogP contribution is 2.63. The quantitative estimate of drug-likeness (QED) is 0.115. The Labute approximate surface area is 487 Å². The number of hydrogen-bond acceptors (Lipinski definition) is 1. The van der Waals surface area contributed by atoms with E-state index >= 15 is 0 Å². The number of hydrogen-bond donors (Lipinski definition) is 0. The van der Waals surface area contributed by atoms with Gasteiger partial charge in [-0.05, 0) is 108 Å². The van der Waals surface area contributed by atoms with Gasteiger partial charge in [0.05, 0.1) is 38.6 Å². The van der Waals surface area contributed by atoms with E-state index < -0.39 is 18.9 Å². The van der Waals surface area contributed by atoms with E-state index in [0.29, 0.717) is 0 Å². The molecule has 0 saturated heterocycles. The van der Waals surface area contributed by atoms with Gasteiger partial charge in [-0.3, -0.25) is 0 Å². The van der Waals surface area contributed by atoms with Crippen molar-refractivity contribution in [3.05, 3.63) is 360 Å². The lowest BCUT2D eigenvalue weighted by Crippen LogP contribution is -2.75. The van der Waals surface area contributed by atoms with Gasteiger partial charge < -0.3 is 13.6 Å². The summed E-state index contributed by atoms with van der Waals surface area (Å²) in [4.78, 5) is 0. The Kier molecular flexibility index (Phi) is 9.96. The maximum atomic E-state index is 7.19. The molecule has 1 aliphatic carbocycles. The molecule has 0 fully saturated rings. The molecule has 0 saturated carbocycles. The molecule has 4 heteroatoms. The largest absolute Gasteiger partial charge is 0.456 e. The van der Waals surface area contributed by atoms with Crippen LogP contribution in [0.25, 0.3) is 76.9 Å². The number of aromatic nitrogens is 2. The third kappa shape index (κ3) is 6.04. The van der Waals surface area contributed by atoms with Gasteiger partial charge in [-0.1, -0.05) is 273 Å². The molecule has 3 nitrogen and oxygen atoms in total. The molecule has 2 aliphatic rings. The summed E-state index contributed by atoms with van der Waals surface area (Å²) < 4.78 is 12.3. The standard InChI is InChI=1S/C80H52N2OSi/c1-5-25-53(26-6-1)79(54-27-7-2-8-28-54)65-38-16-18-40-67(65)80(68-41-19-17-39-66(68)79)69-49-48-58(84(56-29-9-3-10-30-56,57-31-11-4-12-32-57)76-46-24-37-63-61-35-15-22-45-75(61)83-78(63)76)52-74(69)82-73-50-47-55(51-64(73)62-36-23-42-70(80)77(62)82)81-71-43-20-13-33-59(71)60-34-14-21-44-72(60)81/h1-52H. The van der Waals surface area contributed by atoms with Gasteiger partial charge in [-0.25, -0.2) is 0 Å². The van der Waals surface area contributed by atoms with Crippen LogP contribution in [0.15, 0.2) is 320 Å². The number of benzene rings is 13. The normalized spacial score (nSPS) is 13.9. The Morgan fingerprint density at radius 1 is 0.286 bits per heavy atom. The van der Waals surface area contributed by atoms with Crippen LogP contribution in [-0.2, 0) is 10.8 Å². The topological polar surface area (TPSA) is 23.0 Å². The van der Waals surface area contributed by atoms with Crippen LogP contribution in [0.4, 0.5) is 0 Å². The first-order chi connectivity index (χ1) is 41.7. The summed E-state index contributed by atoms with van der Waals surface area (Å²) in [5.41, 5.74) is 17.6. The Morgan fingerprint density at radius 2 is 0.762 bits per heavy atom. The molecule has 3 aromatic heterocycles. The summed E-state index contributed by atoms with van der Waals surface area (Å²) in [5, 5.41) is 12.3. The summed E-state index contributed by atoms with van der Waals surface area (Å²) in [7, 11) is -3.33. The fourth-order valence-electron chi connectivity index (χ4n) is 16.1. The molecule has 0 radical (unpaired) electrons. The Bertz CT molecular complexity index is 5140. The average Bonchev–Trinajstić information content (AvgIpc) is 1.02. The van der Waals surface area contributed by atoms with Crippen molar-refractivity contribution in [3.63, 3.8) is 0 Å². The van der Waals surface area contributed by atoms with Crippen LogP contribution in [0.1, 0.15) is 44.5 Å². The summed E-state index contributed by atoms with van der Waals surface area (Å²) in [5.74, 6) is 0. The van der Waals surface area contributed by atoms with Crippen LogP contribution < -0.4 is 20.7 Å². The SMILES string of the molecule is c1ccc(C2(c3ccccc3)c3ccccc3C3(c4ccc([Si](c5ccccc5)(c5ccccc5)c5cccc6c5oc5ccccc56)cc4-n4c5ccc(-n6c7ccccc7c7ccccc76)cc5c5cccc3c54)c3ccccc32)cc1. The molecule has 13 aromatic carbocycles. The van der Waals surface area contributed by atoms with E-state index in [1.165, 1.54) is 115 Å². The van der Waals surface area contributed by atoms with Crippen molar-refractivity contribution in [2.24, 2.45) is 0 Å². The third-order valence-corrected chi connectivity index (χ3v) is 24.0. The van der Waals surface area contributed by atoms with Gasteiger partial charge in [0.2, 0.25) is 0 Å². The van der Waals surface area contributed by atoms with Gasteiger partial charge in [0.25, 0.3) is 0 Å². The third-order valence-electron chi connectivity index (χ3n) is 19.2. The van der Waals surface area contributed by atoms with Crippen LogP contribution in [0, 0.1) is 0 Å². The van der Waals surface area contributed by atoms with E-state index in [1.54, 1.807) is 0 Å². The molecule has 84 heavy (non-hydrogen) atoms. The zero-order valence-corrected chi connectivity index (χ0v) is 46.8. The number of furan rings is 1. The van der Waals surface area contributed by atoms with Crippen LogP contribution in [0.2, 0.25) is 0 Å². The number of para-hydroxylation sites is 5. The first-order valence-electron chi connectivity index (χ1n) is 29.2. The van der Waals surface area contributed by atoms with E-state index in [0.717, 1.165) is 27.6 Å². The molecular formula is C80H52N2OSi. The van der Waals surface area contributed by atoms with Crippen LogP contribution in [-0.4, -0.2) is 17.2 Å². The Morgan fingerprint density at radius 3 is 1.38 bits per heavy atom. The van der Waals surface area contributed by atoms with Gasteiger partial charge in [-0.15, -0.1) is 0 Å². The fraction of sp³-hybridized carbons (Fsp3) is 0.0250. The lowest BCUT2D eigenvalue weighted by molar-refractivity contribution is 0.610. The second-order valence-corrected chi connectivity index (χ2v) is 26.7. The molecular weight excluding hydrogens is 1030 g/mol. The van der Waals surface area contributed by atoms with Crippen molar-refractivity contribution in [2.75, 3.05) is 0 Å². The molecule has 18 rings (SSSR count). The molecule has 0 atom stereocenters. The minimum atomic E-state index is -3.33. The van der Waals surface area contributed by atoms with Crippen LogP contribution in [0.5, 0.6) is 0 Å². The highest BCUT2D eigenvalue weighted by molar-refractivity contribution is 7.20. The van der Waals surface area contributed by atoms with E-state index in [1.807, 2.05) is 0 Å². The highest BCUT2D eigenvalue weighted by Gasteiger charge is 2.57. The predicted molar refractivity (Wildman–Crippen MR) is 350 cm³/mol. The van der Waals surface area contributed by atoms with E-state index in [4.69, 9.17) is 4.42 Å². The maximum Gasteiger partial charge on any atom is 0.184 e. The Balaban J connectivity index is 1.02. The van der Waals surface area contributed by atoms with Gasteiger partial charge in [0.1, 0.15) is 11.2 Å². The lowest BCUT2D eigenvalue weighted by Gasteiger charge is -2.52. The average molecular weight is 1090 g/mol. The van der Waals surface area contributed by atoms with Crippen molar-refractivity contribution in [2.45, 2.75) is 10.8 Å². The number of fused-ring (bicyclic) bond motifs is 17. The first kappa shape index (κ1) is 47.1. The molecule has 0 N–H and O–H groups in total. The summed E-state index contributed by atoms with van der Waals surface area (Å²) >= 11 is 0. The smallest absolute Gasteiger partial charge is 0.184 e. The summed E-state index contributed by atoms with van der Waals surface area (Å²) in [6.07, 6.45) is 0. The molecule has 1 spiro atoms. The highest BCUT2D eigenvalue weighted by atomic mass is 28.3. The molecule has 16 aromatic rings. The Hall–Kier alpha value is -10.5. The molecule has 392 valence electrons. The second-order valence-electron chi connectivity index (χ2n) is 22.9. The first-order valence-corrected chi connectivity index (χ1v) is 31.2. The fourth-order valence-corrected chi connectivity index (χ4v) is 20.9. The van der Waals surface area contributed by atoms with Crippen LogP contribution >= 0.6 is 0 Å². The predicted octanol–water partition coefficient (Wildman–Crippen LogP) is 16.5. The molecule has 1 aliphatic heterocycles.